The van der Waals surface area contributed by atoms with Crippen LogP contribution in [0.3, 0.4) is 0 Å². The molecule has 1 N–H and O–H groups in total. The van der Waals surface area contributed by atoms with E-state index in [1.54, 1.807) is 5.56 Å². The van der Waals surface area contributed by atoms with Gasteiger partial charge in [-0.1, -0.05) is 24.1 Å². The first-order valence-corrected chi connectivity index (χ1v) is 5.69. The summed E-state index contributed by atoms with van der Waals surface area (Å²) in [5.41, 5.74) is 4.36. The molecule has 0 spiro atoms. The highest BCUT2D eigenvalue weighted by Gasteiger charge is 2.32. The Balaban J connectivity index is 1.95. The summed E-state index contributed by atoms with van der Waals surface area (Å²) in [6.07, 6.45) is 4.34. The first-order valence-electron chi connectivity index (χ1n) is 5.69. The molecule has 1 saturated carbocycles. The molecule has 0 aromatic heterocycles. The maximum Gasteiger partial charge on any atom is 0.0376 e. The topological polar surface area (TPSA) is 12.0 Å². The molecule has 1 aliphatic heterocycles. The largest absolute Gasteiger partial charge is 0.384 e. The molecule has 14 heavy (non-hydrogen) atoms. The van der Waals surface area contributed by atoms with Crippen molar-refractivity contribution in [3.63, 3.8) is 0 Å². The summed E-state index contributed by atoms with van der Waals surface area (Å²) < 4.78 is 0. The normalized spacial score (nSPS) is 25.4. The van der Waals surface area contributed by atoms with E-state index in [0.29, 0.717) is 0 Å². The second-order valence-corrected chi connectivity index (χ2v) is 4.77. The van der Waals surface area contributed by atoms with Crippen molar-refractivity contribution >= 4 is 5.69 Å². The van der Waals surface area contributed by atoms with E-state index in [2.05, 4.69) is 30.4 Å². The molecule has 1 heteroatoms. The van der Waals surface area contributed by atoms with Crippen LogP contribution < -0.4 is 5.32 Å². The van der Waals surface area contributed by atoms with Crippen LogP contribution in [0, 0.1) is 12.8 Å². The van der Waals surface area contributed by atoms with Crippen LogP contribution in [-0.2, 0) is 0 Å². The second kappa shape index (κ2) is 3.01. The molecule has 1 fully saturated rings. The summed E-state index contributed by atoms with van der Waals surface area (Å²) in [5.74, 6) is 1.77. The predicted octanol–water partition coefficient (Wildman–Crippen LogP) is 3.30. The lowest BCUT2D eigenvalue weighted by Crippen LogP contribution is -2.21. The number of benzene rings is 1. The average molecular weight is 187 g/mol. The standard InChI is InChI=1S/C13H17N/c1-9-5-6-13-11(7-9)12(8-14-13)10-3-2-4-10/h5-7,10,12,14H,2-4,8H2,1H3. The number of hydrogen-bond donors (Lipinski definition) is 1. The van der Waals surface area contributed by atoms with E-state index < -0.39 is 0 Å². The molecule has 0 amide bonds. The maximum atomic E-state index is 3.53. The van der Waals surface area contributed by atoms with Crippen molar-refractivity contribution in [2.75, 3.05) is 11.9 Å². The maximum absolute atomic E-state index is 3.53. The van der Waals surface area contributed by atoms with Crippen molar-refractivity contribution in [2.24, 2.45) is 5.92 Å². The van der Waals surface area contributed by atoms with E-state index in [1.165, 1.54) is 37.1 Å². The van der Waals surface area contributed by atoms with E-state index >= 15 is 0 Å². The molecule has 2 aliphatic rings. The second-order valence-electron chi connectivity index (χ2n) is 4.77. The van der Waals surface area contributed by atoms with Crippen LogP contribution in [0.15, 0.2) is 18.2 Å². The van der Waals surface area contributed by atoms with Gasteiger partial charge in [-0.2, -0.15) is 0 Å². The van der Waals surface area contributed by atoms with Gasteiger partial charge in [-0.15, -0.1) is 0 Å². The highest BCUT2D eigenvalue weighted by Crippen LogP contribution is 2.44. The molecule has 1 unspecified atom stereocenters. The molecule has 0 radical (unpaired) electrons. The molecule has 74 valence electrons. The zero-order chi connectivity index (χ0) is 9.54. The molecule has 1 heterocycles. The summed E-state index contributed by atoms with van der Waals surface area (Å²) in [6, 6.07) is 6.82. The van der Waals surface area contributed by atoms with Gasteiger partial charge in [-0.3, -0.25) is 0 Å². The molecule has 0 saturated heterocycles. The number of anilines is 1. The van der Waals surface area contributed by atoms with Crippen molar-refractivity contribution in [3.05, 3.63) is 29.3 Å². The summed E-state index contributed by atoms with van der Waals surface area (Å²) in [4.78, 5) is 0. The highest BCUT2D eigenvalue weighted by molar-refractivity contribution is 5.59. The highest BCUT2D eigenvalue weighted by atomic mass is 14.9. The van der Waals surface area contributed by atoms with E-state index in [9.17, 15) is 0 Å². The average Bonchev–Trinajstić information content (AvgIpc) is 2.46. The summed E-state index contributed by atoms with van der Waals surface area (Å²) >= 11 is 0. The SMILES string of the molecule is Cc1ccc2c(c1)C(C1CCC1)CN2. The Bertz CT molecular complexity index is 352. The summed E-state index contributed by atoms with van der Waals surface area (Å²) in [5, 5.41) is 3.53. The lowest BCUT2D eigenvalue weighted by atomic mass is 9.74. The van der Waals surface area contributed by atoms with E-state index in [0.717, 1.165) is 11.8 Å². The van der Waals surface area contributed by atoms with Gasteiger partial charge in [0.25, 0.3) is 0 Å². The number of nitrogens with one attached hydrogen (secondary N) is 1. The molecule has 1 aromatic rings. The van der Waals surface area contributed by atoms with Gasteiger partial charge in [0.15, 0.2) is 0 Å². The minimum Gasteiger partial charge on any atom is -0.384 e. The van der Waals surface area contributed by atoms with Crippen molar-refractivity contribution in [3.8, 4) is 0 Å². The van der Waals surface area contributed by atoms with Crippen LogP contribution in [-0.4, -0.2) is 6.54 Å². The minimum atomic E-state index is 0.804. The van der Waals surface area contributed by atoms with Crippen molar-refractivity contribution in [1.82, 2.24) is 0 Å². The number of fused-ring (bicyclic) bond motifs is 1. The molecule has 1 aliphatic carbocycles. The van der Waals surface area contributed by atoms with Gasteiger partial charge in [0.1, 0.15) is 0 Å². The molecule has 1 nitrogen and oxygen atoms in total. The third-order valence-corrected chi connectivity index (χ3v) is 3.84. The summed E-state index contributed by atoms with van der Waals surface area (Å²) in [6.45, 7) is 3.36. The van der Waals surface area contributed by atoms with Gasteiger partial charge in [0.2, 0.25) is 0 Å². The Hall–Kier alpha value is -0.980. The Labute approximate surface area is 85.5 Å². The third-order valence-electron chi connectivity index (χ3n) is 3.84. The quantitative estimate of drug-likeness (QED) is 0.711. The zero-order valence-corrected chi connectivity index (χ0v) is 8.72. The van der Waals surface area contributed by atoms with Crippen molar-refractivity contribution in [1.29, 1.82) is 0 Å². The summed E-state index contributed by atoms with van der Waals surface area (Å²) in [7, 11) is 0. The van der Waals surface area contributed by atoms with E-state index in [4.69, 9.17) is 0 Å². The number of rotatable bonds is 1. The lowest BCUT2D eigenvalue weighted by Gasteiger charge is -2.31. The van der Waals surface area contributed by atoms with Crippen molar-refractivity contribution in [2.45, 2.75) is 32.1 Å². The first-order chi connectivity index (χ1) is 6.84. The fourth-order valence-corrected chi connectivity index (χ4v) is 2.74. The minimum absolute atomic E-state index is 0.804. The molecule has 3 rings (SSSR count). The van der Waals surface area contributed by atoms with Crippen LogP contribution in [0.1, 0.15) is 36.3 Å². The predicted molar refractivity (Wildman–Crippen MR) is 59.8 cm³/mol. The smallest absolute Gasteiger partial charge is 0.0376 e. The monoisotopic (exact) mass is 187 g/mol. The van der Waals surface area contributed by atoms with E-state index in [-0.39, 0.29) is 0 Å². The third kappa shape index (κ3) is 1.15. The lowest BCUT2D eigenvalue weighted by molar-refractivity contribution is 0.272. The van der Waals surface area contributed by atoms with Crippen LogP contribution in [0.4, 0.5) is 5.69 Å². The zero-order valence-electron chi connectivity index (χ0n) is 8.72. The van der Waals surface area contributed by atoms with Gasteiger partial charge >= 0.3 is 0 Å². The van der Waals surface area contributed by atoms with E-state index in [1.807, 2.05) is 0 Å². The van der Waals surface area contributed by atoms with Gasteiger partial charge in [0, 0.05) is 18.2 Å². The molecular weight excluding hydrogens is 170 g/mol. The van der Waals surface area contributed by atoms with Gasteiger partial charge < -0.3 is 5.32 Å². The first kappa shape index (κ1) is 8.34. The van der Waals surface area contributed by atoms with Crippen molar-refractivity contribution < 1.29 is 0 Å². The van der Waals surface area contributed by atoms with Gasteiger partial charge in [0.05, 0.1) is 0 Å². The Kier molecular flexibility index (Phi) is 1.79. The fourth-order valence-electron chi connectivity index (χ4n) is 2.74. The molecule has 1 atom stereocenters. The Morgan fingerprint density at radius 3 is 2.86 bits per heavy atom. The Morgan fingerprint density at radius 2 is 2.14 bits per heavy atom. The molecular formula is C13H17N. The van der Waals surface area contributed by atoms with Gasteiger partial charge in [-0.25, -0.2) is 0 Å². The van der Waals surface area contributed by atoms with Gasteiger partial charge in [-0.05, 0) is 37.3 Å². The number of aryl methyl sites for hydroxylation is 1. The fraction of sp³-hybridized carbons (Fsp3) is 0.538. The van der Waals surface area contributed by atoms with Crippen LogP contribution in [0.5, 0.6) is 0 Å². The van der Waals surface area contributed by atoms with Crippen LogP contribution in [0.25, 0.3) is 0 Å². The van der Waals surface area contributed by atoms with Crippen LogP contribution in [0.2, 0.25) is 0 Å². The van der Waals surface area contributed by atoms with Crippen LogP contribution >= 0.6 is 0 Å². The molecule has 0 bridgehead atoms. The molecule has 1 aromatic carbocycles. The number of hydrogen-bond acceptors (Lipinski definition) is 1. The Morgan fingerprint density at radius 1 is 1.29 bits per heavy atom.